The Balaban J connectivity index is 2.16. The van der Waals surface area contributed by atoms with Crippen molar-refractivity contribution in [3.8, 4) is 0 Å². The van der Waals surface area contributed by atoms with Gasteiger partial charge in [-0.3, -0.25) is 4.68 Å². The van der Waals surface area contributed by atoms with Gasteiger partial charge in [0.05, 0.1) is 11.9 Å². The molecule has 0 aliphatic heterocycles. The van der Waals surface area contributed by atoms with Crippen LogP contribution in [0, 0.1) is 0 Å². The molecular weight excluding hydrogens is 226 g/mol. The normalized spacial score (nSPS) is 11.9. The maximum Gasteiger partial charge on any atom is 0.147 e. The average Bonchev–Trinajstić information content (AvgIpc) is 2.63. The van der Waals surface area contributed by atoms with E-state index in [1.165, 1.54) is 6.26 Å². The highest BCUT2D eigenvalue weighted by molar-refractivity contribution is 7.90. The molecule has 1 rings (SSSR count). The first kappa shape index (κ1) is 13.2. The van der Waals surface area contributed by atoms with Crippen LogP contribution in [0.15, 0.2) is 12.4 Å². The molecule has 0 fully saturated rings. The van der Waals surface area contributed by atoms with Crippen molar-refractivity contribution < 1.29 is 8.42 Å². The smallest absolute Gasteiger partial charge is 0.147 e. The second-order valence-corrected chi connectivity index (χ2v) is 6.12. The average molecular weight is 245 g/mol. The number of hydrogen-bond acceptors (Lipinski definition) is 4. The summed E-state index contributed by atoms with van der Waals surface area (Å²) >= 11 is 0. The minimum absolute atomic E-state index is 0.244. The highest BCUT2D eigenvalue weighted by Gasteiger charge is 2.01. The summed E-state index contributed by atoms with van der Waals surface area (Å²) in [7, 11) is -2.83. The molecule has 1 N–H and O–H groups in total. The van der Waals surface area contributed by atoms with Crippen molar-refractivity contribution >= 4 is 9.84 Å². The van der Waals surface area contributed by atoms with Crippen molar-refractivity contribution in [3.05, 3.63) is 18.0 Å². The van der Waals surface area contributed by atoms with Gasteiger partial charge in [-0.25, -0.2) is 8.42 Å². The fourth-order valence-electron chi connectivity index (χ4n) is 1.36. The number of sulfone groups is 1. The molecule has 92 valence electrons. The molecule has 0 aliphatic carbocycles. The van der Waals surface area contributed by atoms with Gasteiger partial charge in [0, 0.05) is 31.1 Å². The van der Waals surface area contributed by atoms with Crippen LogP contribution in [0.25, 0.3) is 0 Å². The molecule has 1 heterocycles. The Morgan fingerprint density at radius 1 is 1.50 bits per heavy atom. The van der Waals surface area contributed by atoms with Crippen LogP contribution in [0.1, 0.15) is 18.9 Å². The van der Waals surface area contributed by atoms with Gasteiger partial charge in [0.25, 0.3) is 0 Å². The highest BCUT2D eigenvalue weighted by Crippen LogP contribution is 1.97. The lowest BCUT2D eigenvalue weighted by Crippen LogP contribution is -2.17. The zero-order valence-corrected chi connectivity index (χ0v) is 10.6. The summed E-state index contributed by atoms with van der Waals surface area (Å²) in [6, 6.07) is 0. The molecule has 6 heteroatoms. The van der Waals surface area contributed by atoms with Crippen molar-refractivity contribution in [3.63, 3.8) is 0 Å². The van der Waals surface area contributed by atoms with E-state index in [9.17, 15) is 8.42 Å². The Labute approximate surface area is 96.8 Å². The summed E-state index contributed by atoms with van der Waals surface area (Å²) in [5, 5.41) is 7.35. The predicted octanol–water partition coefficient (Wildman–Crippen LogP) is 0.427. The molecule has 0 radical (unpaired) electrons. The second-order valence-electron chi connectivity index (χ2n) is 3.86. The lowest BCUT2D eigenvalue weighted by molar-refractivity contribution is 0.594. The third-order valence-electron chi connectivity index (χ3n) is 2.21. The van der Waals surface area contributed by atoms with Crippen molar-refractivity contribution in [1.82, 2.24) is 15.1 Å². The van der Waals surface area contributed by atoms with Crippen molar-refractivity contribution in [2.24, 2.45) is 0 Å². The zero-order chi connectivity index (χ0) is 12.0. The Kier molecular flexibility index (Phi) is 4.95. The molecule has 1 aromatic rings. The first-order chi connectivity index (χ1) is 7.51. The van der Waals surface area contributed by atoms with Gasteiger partial charge in [-0.1, -0.05) is 0 Å². The molecule has 0 aromatic carbocycles. The first-order valence-corrected chi connectivity index (χ1v) is 7.47. The van der Waals surface area contributed by atoms with Gasteiger partial charge in [0.15, 0.2) is 0 Å². The standard InChI is InChI=1S/C10H19N3O2S/c1-3-13-9-10(8-12-13)7-11-5-4-6-16(2,14)15/h8-9,11H,3-7H2,1-2H3. The molecular formula is C10H19N3O2S. The van der Waals surface area contributed by atoms with Crippen LogP contribution >= 0.6 is 0 Å². The summed E-state index contributed by atoms with van der Waals surface area (Å²) in [5.41, 5.74) is 1.13. The lowest BCUT2D eigenvalue weighted by atomic mass is 10.3. The number of nitrogens with zero attached hydrogens (tertiary/aromatic N) is 2. The molecule has 5 nitrogen and oxygen atoms in total. The van der Waals surface area contributed by atoms with Crippen LogP contribution in [0.3, 0.4) is 0 Å². The Bertz CT molecular complexity index is 411. The molecule has 0 aliphatic rings. The maximum atomic E-state index is 10.9. The van der Waals surface area contributed by atoms with Crippen molar-refractivity contribution in [1.29, 1.82) is 0 Å². The van der Waals surface area contributed by atoms with E-state index in [1.807, 2.05) is 24.0 Å². The fourth-order valence-corrected chi connectivity index (χ4v) is 2.03. The second kappa shape index (κ2) is 6.00. The lowest BCUT2D eigenvalue weighted by Gasteiger charge is -2.01. The molecule has 16 heavy (non-hydrogen) atoms. The zero-order valence-electron chi connectivity index (χ0n) is 9.81. The number of hydrogen-bond donors (Lipinski definition) is 1. The molecule has 0 bridgehead atoms. The number of nitrogens with one attached hydrogen (secondary N) is 1. The Morgan fingerprint density at radius 3 is 2.81 bits per heavy atom. The van der Waals surface area contributed by atoms with E-state index in [0.29, 0.717) is 13.0 Å². The van der Waals surface area contributed by atoms with Gasteiger partial charge in [0.2, 0.25) is 0 Å². The quantitative estimate of drug-likeness (QED) is 0.707. The van der Waals surface area contributed by atoms with Gasteiger partial charge in [-0.2, -0.15) is 5.10 Å². The summed E-state index contributed by atoms with van der Waals surface area (Å²) < 4.78 is 23.6. The Hall–Kier alpha value is -0.880. The number of aryl methyl sites for hydroxylation is 1. The number of rotatable bonds is 7. The monoisotopic (exact) mass is 245 g/mol. The minimum Gasteiger partial charge on any atom is -0.313 e. The highest BCUT2D eigenvalue weighted by atomic mass is 32.2. The number of aromatic nitrogens is 2. The maximum absolute atomic E-state index is 10.9. The molecule has 1 aromatic heterocycles. The van der Waals surface area contributed by atoms with E-state index < -0.39 is 9.84 Å². The van der Waals surface area contributed by atoms with Crippen molar-refractivity contribution in [2.75, 3.05) is 18.6 Å². The van der Waals surface area contributed by atoms with Gasteiger partial charge in [-0.15, -0.1) is 0 Å². The van der Waals surface area contributed by atoms with Crippen LogP contribution in [0.4, 0.5) is 0 Å². The SMILES string of the molecule is CCn1cc(CNCCCS(C)(=O)=O)cn1. The van der Waals surface area contributed by atoms with Gasteiger partial charge >= 0.3 is 0 Å². The van der Waals surface area contributed by atoms with E-state index in [-0.39, 0.29) is 5.75 Å². The molecule has 0 saturated carbocycles. The third kappa shape index (κ3) is 5.27. The van der Waals surface area contributed by atoms with Gasteiger partial charge in [0.1, 0.15) is 9.84 Å². The summed E-state index contributed by atoms with van der Waals surface area (Å²) in [4.78, 5) is 0. The fraction of sp³-hybridized carbons (Fsp3) is 0.700. The van der Waals surface area contributed by atoms with E-state index >= 15 is 0 Å². The minimum atomic E-state index is -2.83. The largest absolute Gasteiger partial charge is 0.313 e. The van der Waals surface area contributed by atoms with E-state index in [1.54, 1.807) is 0 Å². The van der Waals surface area contributed by atoms with Crippen LogP contribution in [0.2, 0.25) is 0 Å². The van der Waals surface area contributed by atoms with E-state index in [4.69, 9.17) is 0 Å². The predicted molar refractivity (Wildman–Crippen MR) is 63.9 cm³/mol. The van der Waals surface area contributed by atoms with Crippen LogP contribution in [-0.4, -0.2) is 36.8 Å². The summed E-state index contributed by atoms with van der Waals surface area (Å²) in [6.07, 6.45) is 5.73. The van der Waals surface area contributed by atoms with Crippen LogP contribution in [-0.2, 0) is 22.9 Å². The topological polar surface area (TPSA) is 64.0 Å². The van der Waals surface area contributed by atoms with Crippen molar-refractivity contribution in [2.45, 2.75) is 26.4 Å². The third-order valence-corrected chi connectivity index (χ3v) is 3.24. The molecule has 0 amide bonds. The van der Waals surface area contributed by atoms with E-state index in [2.05, 4.69) is 10.4 Å². The Morgan fingerprint density at radius 2 is 2.25 bits per heavy atom. The van der Waals surface area contributed by atoms with E-state index in [0.717, 1.165) is 18.7 Å². The molecule has 0 spiro atoms. The van der Waals surface area contributed by atoms with Crippen LogP contribution < -0.4 is 5.32 Å². The summed E-state index contributed by atoms with van der Waals surface area (Å²) in [6.45, 7) is 4.36. The van der Waals surface area contributed by atoms with Gasteiger partial charge in [-0.05, 0) is 19.9 Å². The molecule has 0 saturated heterocycles. The summed E-state index contributed by atoms with van der Waals surface area (Å²) in [5.74, 6) is 0.244. The molecule has 0 atom stereocenters. The molecule has 0 unspecified atom stereocenters. The van der Waals surface area contributed by atoms with Gasteiger partial charge < -0.3 is 5.32 Å². The van der Waals surface area contributed by atoms with Crippen LogP contribution in [0.5, 0.6) is 0 Å². The first-order valence-electron chi connectivity index (χ1n) is 5.41.